The fourth-order valence-electron chi connectivity index (χ4n) is 3.46. The largest absolute Gasteiger partial charge is 0.353 e. The number of carbonyl (C=O) groups excluding carboxylic acids is 1. The lowest BCUT2D eigenvalue weighted by Gasteiger charge is -2.35. The summed E-state index contributed by atoms with van der Waals surface area (Å²) in [7, 11) is 0. The first-order chi connectivity index (χ1) is 13.6. The highest BCUT2D eigenvalue weighted by atomic mass is 19.1. The minimum Gasteiger partial charge on any atom is -0.353 e. The van der Waals surface area contributed by atoms with Crippen molar-refractivity contribution >= 4 is 11.6 Å². The molecule has 0 amide bonds. The molecule has 28 heavy (non-hydrogen) atoms. The number of pyridine rings is 2. The molecule has 1 aromatic carbocycles. The number of nitrogens with one attached hydrogen (secondary N) is 1. The van der Waals surface area contributed by atoms with Gasteiger partial charge in [-0.05, 0) is 48.9 Å². The van der Waals surface area contributed by atoms with Crippen LogP contribution in [-0.4, -0.2) is 35.4 Å². The first-order valence-corrected chi connectivity index (χ1v) is 9.29. The maximum Gasteiger partial charge on any atom is 0.213 e. The second kappa shape index (κ2) is 7.86. The van der Waals surface area contributed by atoms with E-state index in [-0.39, 0.29) is 19.1 Å². The van der Waals surface area contributed by atoms with Crippen LogP contribution in [0.2, 0.25) is 0 Å². The van der Waals surface area contributed by atoms with Crippen LogP contribution >= 0.6 is 0 Å². The van der Waals surface area contributed by atoms with Gasteiger partial charge in [-0.1, -0.05) is 18.2 Å². The number of aromatic nitrogens is 2. The number of aryl methyl sites for hydroxylation is 1. The molecule has 0 bridgehead atoms. The average Bonchev–Trinajstić information content (AvgIpc) is 2.74. The highest BCUT2D eigenvalue weighted by Crippen LogP contribution is 2.22. The van der Waals surface area contributed by atoms with Crippen molar-refractivity contribution in [1.82, 2.24) is 15.3 Å². The standard InChI is InChI=1S/C22H21FN4O.H2/c1-15-18(4-3-11-24-15)22(28)19-5-2-6-21(26-19)27-13-12-25-20(14-27)16-7-9-17(23)10-8-16;/h2-11,20,25H,12-14H2,1H3;1H. The molecule has 0 spiro atoms. The summed E-state index contributed by atoms with van der Waals surface area (Å²) < 4.78 is 13.2. The number of piperazine rings is 1. The number of carbonyl (C=O) groups is 1. The fraction of sp³-hybridized carbons (Fsp3) is 0.227. The van der Waals surface area contributed by atoms with Crippen LogP contribution < -0.4 is 10.2 Å². The van der Waals surface area contributed by atoms with E-state index < -0.39 is 0 Å². The van der Waals surface area contributed by atoms with E-state index in [0.29, 0.717) is 23.5 Å². The minimum atomic E-state index is -0.241. The lowest BCUT2D eigenvalue weighted by molar-refractivity contribution is 0.103. The fourth-order valence-corrected chi connectivity index (χ4v) is 3.46. The van der Waals surface area contributed by atoms with E-state index in [1.807, 2.05) is 19.1 Å². The van der Waals surface area contributed by atoms with Crippen LogP contribution in [0.4, 0.5) is 10.2 Å². The van der Waals surface area contributed by atoms with Gasteiger partial charge >= 0.3 is 0 Å². The highest BCUT2D eigenvalue weighted by Gasteiger charge is 2.23. The number of benzene rings is 1. The van der Waals surface area contributed by atoms with Gasteiger partial charge in [0.25, 0.3) is 0 Å². The molecular formula is C22H23FN4O. The van der Waals surface area contributed by atoms with Crippen molar-refractivity contribution in [2.24, 2.45) is 0 Å². The Morgan fingerprint density at radius 3 is 2.79 bits per heavy atom. The van der Waals surface area contributed by atoms with Gasteiger partial charge in [-0.2, -0.15) is 0 Å². The summed E-state index contributed by atoms with van der Waals surface area (Å²) >= 11 is 0. The number of hydrogen-bond acceptors (Lipinski definition) is 5. The van der Waals surface area contributed by atoms with Gasteiger partial charge in [-0.3, -0.25) is 9.78 Å². The molecule has 5 nitrogen and oxygen atoms in total. The van der Waals surface area contributed by atoms with Crippen LogP contribution in [0.15, 0.2) is 60.8 Å². The summed E-state index contributed by atoms with van der Waals surface area (Å²) in [5, 5.41) is 3.46. The monoisotopic (exact) mass is 378 g/mol. The Morgan fingerprint density at radius 2 is 2.00 bits per heavy atom. The van der Waals surface area contributed by atoms with E-state index in [4.69, 9.17) is 0 Å². The van der Waals surface area contributed by atoms with E-state index in [0.717, 1.165) is 24.5 Å². The van der Waals surface area contributed by atoms with Gasteiger partial charge in [0.2, 0.25) is 5.78 Å². The molecular weight excluding hydrogens is 355 g/mol. The Kier molecular flexibility index (Phi) is 5.12. The third-order valence-corrected chi connectivity index (χ3v) is 4.99. The van der Waals surface area contributed by atoms with Gasteiger partial charge in [-0.25, -0.2) is 9.37 Å². The van der Waals surface area contributed by atoms with Gasteiger partial charge in [0, 0.05) is 44.6 Å². The second-order valence-electron chi connectivity index (χ2n) is 6.85. The number of halogens is 1. The van der Waals surface area contributed by atoms with Crippen molar-refractivity contribution in [1.29, 1.82) is 0 Å². The van der Waals surface area contributed by atoms with Crippen LogP contribution in [0.3, 0.4) is 0 Å². The van der Waals surface area contributed by atoms with Crippen molar-refractivity contribution in [3.8, 4) is 0 Å². The van der Waals surface area contributed by atoms with Gasteiger partial charge in [0.15, 0.2) is 0 Å². The molecule has 0 aliphatic carbocycles. The molecule has 4 rings (SSSR count). The normalized spacial score (nSPS) is 16.8. The predicted molar refractivity (Wildman–Crippen MR) is 108 cm³/mol. The Balaban J connectivity index is 0.00000240. The minimum absolute atomic E-state index is 0. The molecule has 144 valence electrons. The summed E-state index contributed by atoms with van der Waals surface area (Å²) in [6.45, 7) is 4.08. The lowest BCUT2D eigenvalue weighted by atomic mass is 10.0. The molecule has 1 saturated heterocycles. The van der Waals surface area contributed by atoms with Gasteiger partial charge < -0.3 is 10.2 Å². The molecule has 6 heteroatoms. The highest BCUT2D eigenvalue weighted by molar-refractivity contribution is 6.08. The van der Waals surface area contributed by atoms with Crippen molar-refractivity contribution in [3.63, 3.8) is 0 Å². The number of ketones is 1. The average molecular weight is 378 g/mol. The smallest absolute Gasteiger partial charge is 0.213 e. The topological polar surface area (TPSA) is 58.1 Å². The second-order valence-corrected chi connectivity index (χ2v) is 6.85. The lowest BCUT2D eigenvalue weighted by Crippen LogP contribution is -2.46. The summed E-state index contributed by atoms with van der Waals surface area (Å²) in [6.07, 6.45) is 1.67. The van der Waals surface area contributed by atoms with Crippen LogP contribution in [-0.2, 0) is 0 Å². The third-order valence-electron chi connectivity index (χ3n) is 4.99. The Bertz CT molecular complexity index is 996. The molecule has 3 heterocycles. The van der Waals surface area contributed by atoms with Crippen LogP contribution in [0, 0.1) is 12.7 Å². The van der Waals surface area contributed by atoms with Crippen molar-refractivity contribution in [2.75, 3.05) is 24.5 Å². The predicted octanol–water partition coefficient (Wildman–Crippen LogP) is 3.55. The number of anilines is 1. The zero-order valence-electron chi connectivity index (χ0n) is 15.6. The first-order valence-electron chi connectivity index (χ1n) is 9.29. The SMILES string of the molecule is Cc1ncccc1C(=O)c1cccc(N2CCNC(c3ccc(F)cc3)C2)n1.[HH]. The van der Waals surface area contributed by atoms with Crippen molar-refractivity contribution in [3.05, 3.63) is 89.1 Å². The quantitative estimate of drug-likeness (QED) is 0.704. The Hall–Kier alpha value is -3.12. The molecule has 0 saturated carbocycles. The van der Waals surface area contributed by atoms with E-state index >= 15 is 0 Å². The van der Waals surface area contributed by atoms with Crippen LogP contribution in [0.25, 0.3) is 0 Å². The van der Waals surface area contributed by atoms with Crippen molar-refractivity contribution in [2.45, 2.75) is 13.0 Å². The van der Waals surface area contributed by atoms with E-state index in [1.54, 1.807) is 36.5 Å². The third kappa shape index (κ3) is 3.77. The molecule has 3 aromatic rings. The van der Waals surface area contributed by atoms with E-state index in [1.165, 1.54) is 12.1 Å². The van der Waals surface area contributed by atoms with E-state index in [2.05, 4.69) is 20.2 Å². The van der Waals surface area contributed by atoms with Gasteiger partial charge in [0.1, 0.15) is 17.3 Å². The summed E-state index contributed by atoms with van der Waals surface area (Å²) in [4.78, 5) is 23.8. The van der Waals surface area contributed by atoms with Gasteiger partial charge in [-0.15, -0.1) is 0 Å². The Morgan fingerprint density at radius 1 is 1.18 bits per heavy atom. The zero-order chi connectivity index (χ0) is 19.5. The maximum atomic E-state index is 13.2. The zero-order valence-corrected chi connectivity index (χ0v) is 15.6. The molecule has 1 aliphatic heterocycles. The number of nitrogens with zero attached hydrogens (tertiary/aromatic N) is 3. The summed E-state index contributed by atoms with van der Waals surface area (Å²) in [6, 6.07) is 15.7. The van der Waals surface area contributed by atoms with Gasteiger partial charge in [0.05, 0.1) is 0 Å². The number of rotatable bonds is 4. The molecule has 1 aliphatic rings. The molecule has 1 unspecified atom stereocenters. The molecule has 1 N–H and O–H groups in total. The van der Waals surface area contributed by atoms with Crippen molar-refractivity contribution < 1.29 is 10.6 Å². The summed E-state index contributed by atoms with van der Waals surface area (Å²) in [5.74, 6) is 0.397. The van der Waals surface area contributed by atoms with Crippen LogP contribution in [0.1, 0.15) is 34.8 Å². The molecule has 2 aromatic heterocycles. The van der Waals surface area contributed by atoms with E-state index in [9.17, 15) is 9.18 Å². The first kappa shape index (κ1) is 18.3. The van der Waals surface area contributed by atoms with Crippen LogP contribution in [0.5, 0.6) is 0 Å². The maximum absolute atomic E-state index is 13.2. The molecule has 1 fully saturated rings. The Labute approximate surface area is 164 Å². The molecule has 1 atom stereocenters. The summed E-state index contributed by atoms with van der Waals surface area (Å²) in [5.41, 5.74) is 2.70. The molecule has 0 radical (unpaired) electrons. The number of hydrogen-bond donors (Lipinski definition) is 1.